The maximum atomic E-state index is 12.4. The molecule has 4 nitrogen and oxygen atoms in total. The van der Waals surface area contributed by atoms with Crippen LogP contribution in [0.1, 0.15) is 21.5 Å². The number of carbonyl (C=O) groups is 1. The molecule has 0 aliphatic carbocycles. The Morgan fingerprint density at radius 2 is 1.78 bits per heavy atom. The molecule has 2 aromatic carbocycles. The van der Waals surface area contributed by atoms with E-state index in [-0.39, 0.29) is 5.91 Å². The average Bonchev–Trinajstić information content (AvgIpc) is 2.94. The Bertz CT molecular complexity index is 866. The van der Waals surface area contributed by atoms with Gasteiger partial charge in [-0.3, -0.25) is 10.1 Å². The monoisotopic (exact) mass is 325 g/mol. The average molecular weight is 325 g/mol. The number of aryl methyl sites for hydroxylation is 2. The molecule has 0 unspecified atom stereocenters. The van der Waals surface area contributed by atoms with Crippen LogP contribution in [0.15, 0.2) is 36.4 Å². The molecule has 5 heteroatoms. The van der Waals surface area contributed by atoms with Crippen molar-refractivity contribution >= 4 is 38.3 Å². The highest BCUT2D eigenvalue weighted by Gasteiger charge is 2.12. The molecule has 3 aromatic rings. The number of fused-ring (bicyclic) bond motifs is 1. The third-order valence-corrected chi connectivity index (χ3v) is 4.89. The number of nitrogens with zero attached hydrogens (tertiary/aromatic N) is 2. The molecule has 0 fully saturated rings. The summed E-state index contributed by atoms with van der Waals surface area (Å²) in [4.78, 5) is 18.9. The molecule has 0 saturated heterocycles. The van der Waals surface area contributed by atoms with Gasteiger partial charge in [-0.2, -0.15) is 0 Å². The highest BCUT2D eigenvalue weighted by atomic mass is 32.1. The summed E-state index contributed by atoms with van der Waals surface area (Å²) in [5, 5.41) is 3.53. The van der Waals surface area contributed by atoms with E-state index in [0.29, 0.717) is 10.7 Å². The van der Waals surface area contributed by atoms with Crippen molar-refractivity contribution in [3.63, 3.8) is 0 Å². The van der Waals surface area contributed by atoms with Crippen LogP contribution in [0.5, 0.6) is 0 Å². The number of aromatic nitrogens is 1. The van der Waals surface area contributed by atoms with Gasteiger partial charge in [-0.1, -0.05) is 17.4 Å². The van der Waals surface area contributed by atoms with E-state index in [9.17, 15) is 4.79 Å². The smallest absolute Gasteiger partial charge is 0.257 e. The number of thiazole rings is 1. The first kappa shape index (κ1) is 15.5. The number of rotatable bonds is 3. The van der Waals surface area contributed by atoms with E-state index in [1.165, 1.54) is 16.9 Å². The van der Waals surface area contributed by atoms with E-state index in [4.69, 9.17) is 0 Å². The van der Waals surface area contributed by atoms with Crippen LogP contribution in [0.3, 0.4) is 0 Å². The molecule has 0 aliphatic heterocycles. The topological polar surface area (TPSA) is 45.2 Å². The first-order chi connectivity index (χ1) is 11.0. The van der Waals surface area contributed by atoms with E-state index in [1.54, 1.807) is 0 Å². The normalized spacial score (nSPS) is 10.8. The molecule has 0 saturated carbocycles. The van der Waals surface area contributed by atoms with Crippen molar-refractivity contribution in [1.82, 2.24) is 4.98 Å². The van der Waals surface area contributed by atoms with Crippen molar-refractivity contribution in [2.24, 2.45) is 0 Å². The molecule has 0 aliphatic rings. The van der Waals surface area contributed by atoms with Gasteiger partial charge in [-0.05, 0) is 55.3 Å². The molecule has 0 spiro atoms. The molecule has 0 radical (unpaired) electrons. The molecule has 118 valence electrons. The minimum atomic E-state index is -0.135. The lowest BCUT2D eigenvalue weighted by molar-refractivity contribution is 0.102. The summed E-state index contributed by atoms with van der Waals surface area (Å²) < 4.78 is 1.09. The van der Waals surface area contributed by atoms with Gasteiger partial charge in [-0.25, -0.2) is 4.98 Å². The second-order valence-corrected chi connectivity index (χ2v) is 6.80. The Hall–Kier alpha value is -2.40. The zero-order valence-electron chi connectivity index (χ0n) is 13.7. The van der Waals surface area contributed by atoms with Crippen LogP contribution in [-0.4, -0.2) is 25.0 Å². The van der Waals surface area contributed by atoms with Crippen LogP contribution in [0.25, 0.3) is 10.2 Å². The molecule has 0 bridgehead atoms. The van der Waals surface area contributed by atoms with Crippen LogP contribution in [-0.2, 0) is 0 Å². The minimum absolute atomic E-state index is 0.135. The SMILES string of the molecule is Cc1ccc2sc(NC(=O)c3ccc(N(C)C)cc3)nc2c1C. The van der Waals surface area contributed by atoms with Crippen molar-refractivity contribution in [3.8, 4) is 0 Å². The third kappa shape index (κ3) is 3.05. The van der Waals surface area contributed by atoms with Crippen LogP contribution >= 0.6 is 11.3 Å². The Balaban J connectivity index is 1.84. The van der Waals surface area contributed by atoms with Gasteiger partial charge in [0.05, 0.1) is 10.2 Å². The molecule has 1 amide bonds. The Kier molecular flexibility index (Phi) is 4.05. The number of benzene rings is 2. The summed E-state index contributed by atoms with van der Waals surface area (Å²) in [7, 11) is 3.95. The molecule has 0 atom stereocenters. The second kappa shape index (κ2) is 6.01. The summed E-state index contributed by atoms with van der Waals surface area (Å²) in [6.07, 6.45) is 0. The Labute approximate surface area is 139 Å². The maximum absolute atomic E-state index is 12.4. The Morgan fingerprint density at radius 3 is 2.43 bits per heavy atom. The standard InChI is InChI=1S/C18H19N3OS/c1-11-5-10-15-16(12(11)2)19-18(23-15)20-17(22)13-6-8-14(9-7-13)21(3)4/h5-10H,1-4H3,(H,19,20,22). The van der Waals surface area contributed by atoms with Crippen LogP contribution in [0.2, 0.25) is 0 Å². The summed E-state index contributed by atoms with van der Waals surface area (Å²) in [5.41, 5.74) is 5.03. The molecule has 1 N–H and O–H groups in total. The number of nitrogens with one attached hydrogen (secondary N) is 1. The van der Waals surface area contributed by atoms with Gasteiger partial charge < -0.3 is 4.90 Å². The number of amides is 1. The van der Waals surface area contributed by atoms with E-state index in [2.05, 4.69) is 36.3 Å². The fourth-order valence-electron chi connectivity index (χ4n) is 2.36. The summed E-state index contributed by atoms with van der Waals surface area (Å²) in [5.74, 6) is -0.135. The third-order valence-electron chi connectivity index (χ3n) is 3.95. The van der Waals surface area contributed by atoms with Crippen LogP contribution in [0, 0.1) is 13.8 Å². The second-order valence-electron chi connectivity index (χ2n) is 5.77. The number of hydrogen-bond acceptors (Lipinski definition) is 4. The molecule has 1 heterocycles. The molecule has 1 aromatic heterocycles. The molecular formula is C18H19N3OS. The highest BCUT2D eigenvalue weighted by Crippen LogP contribution is 2.29. The van der Waals surface area contributed by atoms with Crippen molar-refractivity contribution in [3.05, 3.63) is 53.1 Å². The largest absolute Gasteiger partial charge is 0.378 e. The van der Waals surface area contributed by atoms with Crippen LogP contribution < -0.4 is 10.2 Å². The number of carbonyl (C=O) groups excluding carboxylic acids is 1. The first-order valence-electron chi connectivity index (χ1n) is 7.41. The van der Waals surface area contributed by atoms with Crippen molar-refractivity contribution in [2.75, 3.05) is 24.3 Å². The molecular weight excluding hydrogens is 306 g/mol. The lowest BCUT2D eigenvalue weighted by atomic mass is 10.1. The van der Waals surface area contributed by atoms with Crippen LogP contribution in [0.4, 0.5) is 10.8 Å². The van der Waals surface area contributed by atoms with Gasteiger partial charge in [0, 0.05) is 25.3 Å². The van der Waals surface area contributed by atoms with E-state index < -0.39 is 0 Å². The van der Waals surface area contributed by atoms with Gasteiger partial charge in [0.1, 0.15) is 0 Å². The lowest BCUT2D eigenvalue weighted by Gasteiger charge is -2.12. The first-order valence-corrected chi connectivity index (χ1v) is 8.23. The quantitative estimate of drug-likeness (QED) is 0.784. The fraction of sp³-hybridized carbons (Fsp3) is 0.222. The number of hydrogen-bond donors (Lipinski definition) is 1. The number of anilines is 2. The fourth-order valence-corrected chi connectivity index (χ4v) is 3.28. The summed E-state index contributed by atoms with van der Waals surface area (Å²) in [6.45, 7) is 4.13. The van der Waals surface area contributed by atoms with Gasteiger partial charge in [0.15, 0.2) is 5.13 Å². The van der Waals surface area contributed by atoms with Crippen molar-refractivity contribution < 1.29 is 4.79 Å². The molecule has 3 rings (SSSR count). The highest BCUT2D eigenvalue weighted by molar-refractivity contribution is 7.22. The van der Waals surface area contributed by atoms with E-state index >= 15 is 0 Å². The predicted molar refractivity (Wildman–Crippen MR) is 97.8 cm³/mol. The predicted octanol–water partition coefficient (Wildman–Crippen LogP) is 4.23. The van der Waals surface area contributed by atoms with Crippen molar-refractivity contribution in [1.29, 1.82) is 0 Å². The zero-order chi connectivity index (χ0) is 16.6. The van der Waals surface area contributed by atoms with E-state index in [0.717, 1.165) is 21.5 Å². The maximum Gasteiger partial charge on any atom is 0.257 e. The zero-order valence-corrected chi connectivity index (χ0v) is 14.5. The van der Waals surface area contributed by atoms with Gasteiger partial charge in [-0.15, -0.1) is 0 Å². The molecule has 23 heavy (non-hydrogen) atoms. The van der Waals surface area contributed by atoms with E-state index in [1.807, 2.05) is 43.3 Å². The lowest BCUT2D eigenvalue weighted by Crippen LogP contribution is -2.13. The summed E-state index contributed by atoms with van der Waals surface area (Å²) >= 11 is 1.50. The Morgan fingerprint density at radius 1 is 1.09 bits per heavy atom. The minimum Gasteiger partial charge on any atom is -0.378 e. The summed E-state index contributed by atoms with van der Waals surface area (Å²) in [6, 6.07) is 11.7. The van der Waals surface area contributed by atoms with Gasteiger partial charge >= 0.3 is 0 Å². The van der Waals surface area contributed by atoms with Gasteiger partial charge in [0.2, 0.25) is 0 Å². The van der Waals surface area contributed by atoms with Gasteiger partial charge in [0.25, 0.3) is 5.91 Å². The van der Waals surface area contributed by atoms with Crippen molar-refractivity contribution in [2.45, 2.75) is 13.8 Å².